The van der Waals surface area contributed by atoms with E-state index in [1.807, 2.05) is 0 Å². The van der Waals surface area contributed by atoms with E-state index in [1.165, 1.54) is 13.2 Å². The first kappa shape index (κ1) is 16.8. The van der Waals surface area contributed by atoms with Crippen molar-refractivity contribution < 1.29 is 24.2 Å². The van der Waals surface area contributed by atoms with Crippen molar-refractivity contribution in [3.63, 3.8) is 0 Å². The highest BCUT2D eigenvalue weighted by molar-refractivity contribution is 5.93. The van der Waals surface area contributed by atoms with Gasteiger partial charge in [0.1, 0.15) is 0 Å². The quantitative estimate of drug-likeness (QED) is 0.738. The molecule has 23 heavy (non-hydrogen) atoms. The largest absolute Gasteiger partial charge is 0.481 e. The summed E-state index contributed by atoms with van der Waals surface area (Å²) in [5.74, 6) is -1.55. The average Bonchev–Trinajstić information content (AvgIpc) is 2.54. The molecule has 3 N–H and O–H groups in total. The van der Waals surface area contributed by atoms with Gasteiger partial charge in [-0.2, -0.15) is 0 Å². The van der Waals surface area contributed by atoms with Crippen LogP contribution in [-0.2, 0) is 9.53 Å². The molecule has 1 aliphatic rings. The number of amides is 2. The molecule has 0 saturated heterocycles. The number of rotatable bonds is 4. The molecule has 7 nitrogen and oxygen atoms in total. The molecule has 7 heteroatoms. The molecule has 124 valence electrons. The Balaban J connectivity index is 1.86. The molecule has 0 heterocycles. The Kier molecular flexibility index (Phi) is 5.56. The molecule has 0 bridgehead atoms. The lowest BCUT2D eigenvalue weighted by Crippen LogP contribution is -2.41. The van der Waals surface area contributed by atoms with E-state index < -0.39 is 11.9 Å². The number of benzene rings is 1. The number of aliphatic carboxylic acids is 1. The molecule has 0 spiro atoms. The molecule has 1 aliphatic carbocycles. The van der Waals surface area contributed by atoms with Gasteiger partial charge in [0, 0.05) is 11.7 Å². The average molecular weight is 320 g/mol. The summed E-state index contributed by atoms with van der Waals surface area (Å²) in [5.41, 5.74) is 0.844. The summed E-state index contributed by atoms with van der Waals surface area (Å²) in [7, 11) is 1.29. The maximum Gasteiger partial charge on any atom is 0.337 e. The van der Waals surface area contributed by atoms with Crippen molar-refractivity contribution in [2.75, 3.05) is 12.4 Å². The van der Waals surface area contributed by atoms with Crippen LogP contribution in [-0.4, -0.2) is 36.2 Å². The fraction of sp³-hybridized carbons (Fsp3) is 0.438. The molecule has 0 aliphatic heterocycles. The highest BCUT2D eigenvalue weighted by Gasteiger charge is 2.26. The Hall–Kier alpha value is -2.57. The Bertz CT molecular complexity index is 594. The standard InChI is InChI=1S/C16H20N2O5/c1-23-15(21)11-3-2-4-13(9-11)18-16(22)17-12-7-5-10(6-8-12)14(19)20/h2-4,9-10,12H,5-8H2,1H3,(H,19,20)(H2,17,18,22). The van der Waals surface area contributed by atoms with Crippen LogP contribution < -0.4 is 10.6 Å². The van der Waals surface area contributed by atoms with Gasteiger partial charge in [-0.3, -0.25) is 4.79 Å². The number of carbonyl (C=O) groups is 3. The lowest BCUT2D eigenvalue weighted by molar-refractivity contribution is -0.142. The first-order chi connectivity index (χ1) is 11.0. The molecule has 1 aromatic carbocycles. The smallest absolute Gasteiger partial charge is 0.337 e. The molecule has 2 rings (SSSR count). The minimum atomic E-state index is -0.771. The second-order valence-corrected chi connectivity index (χ2v) is 5.56. The Morgan fingerprint density at radius 2 is 1.87 bits per heavy atom. The summed E-state index contributed by atoms with van der Waals surface area (Å²) in [6.45, 7) is 0. The van der Waals surface area contributed by atoms with Crippen LogP contribution in [0, 0.1) is 5.92 Å². The monoisotopic (exact) mass is 320 g/mol. The first-order valence-electron chi connectivity index (χ1n) is 7.48. The number of carbonyl (C=O) groups excluding carboxylic acids is 2. The maximum absolute atomic E-state index is 12.0. The van der Waals surface area contributed by atoms with Gasteiger partial charge in [-0.05, 0) is 43.9 Å². The van der Waals surface area contributed by atoms with E-state index in [1.54, 1.807) is 18.2 Å². The normalized spacial score (nSPS) is 20.4. The van der Waals surface area contributed by atoms with Gasteiger partial charge in [0.2, 0.25) is 0 Å². The van der Waals surface area contributed by atoms with Crippen LogP contribution in [0.3, 0.4) is 0 Å². The number of hydrogen-bond acceptors (Lipinski definition) is 4. The maximum atomic E-state index is 12.0. The highest BCUT2D eigenvalue weighted by Crippen LogP contribution is 2.24. The van der Waals surface area contributed by atoms with Gasteiger partial charge in [-0.15, -0.1) is 0 Å². The molecule has 1 aromatic rings. The van der Waals surface area contributed by atoms with Crippen LogP contribution >= 0.6 is 0 Å². The highest BCUT2D eigenvalue weighted by atomic mass is 16.5. The summed E-state index contributed by atoms with van der Waals surface area (Å²) in [6.07, 6.45) is 2.43. The van der Waals surface area contributed by atoms with Gasteiger partial charge in [-0.1, -0.05) is 6.07 Å². The number of urea groups is 1. The SMILES string of the molecule is COC(=O)c1cccc(NC(=O)NC2CCC(C(=O)O)CC2)c1. The van der Waals surface area contributed by atoms with E-state index in [4.69, 9.17) is 5.11 Å². The summed E-state index contributed by atoms with van der Waals surface area (Å²) in [4.78, 5) is 34.3. The minimum Gasteiger partial charge on any atom is -0.481 e. The Labute approximate surface area is 134 Å². The van der Waals surface area contributed by atoms with E-state index >= 15 is 0 Å². The molecule has 0 radical (unpaired) electrons. The van der Waals surface area contributed by atoms with E-state index in [0.29, 0.717) is 36.9 Å². The fourth-order valence-corrected chi connectivity index (χ4v) is 2.68. The van der Waals surface area contributed by atoms with Crippen molar-refractivity contribution in [1.82, 2.24) is 5.32 Å². The third kappa shape index (κ3) is 4.70. The van der Waals surface area contributed by atoms with Crippen LogP contribution in [0.4, 0.5) is 10.5 Å². The topological polar surface area (TPSA) is 105 Å². The van der Waals surface area contributed by atoms with Crippen molar-refractivity contribution in [2.24, 2.45) is 5.92 Å². The predicted molar refractivity (Wildman–Crippen MR) is 83.3 cm³/mol. The third-order valence-electron chi connectivity index (χ3n) is 3.95. The molecule has 1 saturated carbocycles. The molecule has 1 fully saturated rings. The number of carboxylic acids is 1. The van der Waals surface area contributed by atoms with E-state index in [-0.39, 0.29) is 18.0 Å². The van der Waals surface area contributed by atoms with Crippen LogP contribution in [0.15, 0.2) is 24.3 Å². The van der Waals surface area contributed by atoms with Gasteiger partial charge in [0.15, 0.2) is 0 Å². The molecule has 0 atom stereocenters. The number of methoxy groups -OCH3 is 1. The summed E-state index contributed by atoms with van der Waals surface area (Å²) < 4.78 is 4.63. The van der Waals surface area contributed by atoms with Gasteiger partial charge in [0.25, 0.3) is 0 Å². The summed E-state index contributed by atoms with van der Waals surface area (Å²) in [6, 6.07) is 6.06. The number of anilines is 1. The van der Waals surface area contributed by atoms with Crippen molar-refractivity contribution >= 4 is 23.7 Å². The summed E-state index contributed by atoms with van der Waals surface area (Å²) in [5, 5.41) is 14.5. The molecule has 2 amide bonds. The first-order valence-corrected chi connectivity index (χ1v) is 7.48. The molecule has 0 unspecified atom stereocenters. The van der Waals surface area contributed by atoms with E-state index in [9.17, 15) is 14.4 Å². The van der Waals surface area contributed by atoms with Crippen molar-refractivity contribution in [1.29, 1.82) is 0 Å². The van der Waals surface area contributed by atoms with Crippen LogP contribution in [0.5, 0.6) is 0 Å². The second-order valence-electron chi connectivity index (χ2n) is 5.56. The van der Waals surface area contributed by atoms with E-state index in [2.05, 4.69) is 15.4 Å². The van der Waals surface area contributed by atoms with Crippen molar-refractivity contribution in [2.45, 2.75) is 31.7 Å². The fourth-order valence-electron chi connectivity index (χ4n) is 2.68. The molecular weight excluding hydrogens is 300 g/mol. The number of esters is 1. The zero-order chi connectivity index (χ0) is 16.8. The number of ether oxygens (including phenoxy) is 1. The van der Waals surface area contributed by atoms with Gasteiger partial charge in [0.05, 0.1) is 18.6 Å². The number of nitrogens with one attached hydrogen (secondary N) is 2. The third-order valence-corrected chi connectivity index (χ3v) is 3.95. The number of carboxylic acid groups (broad SMARTS) is 1. The van der Waals surface area contributed by atoms with Crippen LogP contribution in [0.1, 0.15) is 36.0 Å². The summed E-state index contributed by atoms with van der Waals surface area (Å²) >= 11 is 0. The zero-order valence-corrected chi connectivity index (χ0v) is 12.9. The lowest BCUT2D eigenvalue weighted by atomic mass is 9.86. The van der Waals surface area contributed by atoms with Crippen LogP contribution in [0.25, 0.3) is 0 Å². The zero-order valence-electron chi connectivity index (χ0n) is 12.9. The second kappa shape index (κ2) is 7.62. The number of hydrogen-bond donors (Lipinski definition) is 3. The Morgan fingerprint density at radius 1 is 1.17 bits per heavy atom. The van der Waals surface area contributed by atoms with Gasteiger partial charge < -0.3 is 20.5 Å². The van der Waals surface area contributed by atoms with Gasteiger partial charge in [-0.25, -0.2) is 9.59 Å². The Morgan fingerprint density at radius 3 is 2.48 bits per heavy atom. The molecule has 0 aromatic heterocycles. The van der Waals surface area contributed by atoms with Crippen LogP contribution in [0.2, 0.25) is 0 Å². The minimum absolute atomic E-state index is 0.0330. The van der Waals surface area contributed by atoms with Gasteiger partial charge >= 0.3 is 18.0 Å². The predicted octanol–water partition coefficient (Wildman–Crippen LogP) is 2.24. The molecular formula is C16H20N2O5. The van der Waals surface area contributed by atoms with Crippen molar-refractivity contribution in [3.8, 4) is 0 Å². The van der Waals surface area contributed by atoms with E-state index in [0.717, 1.165) is 0 Å². The lowest BCUT2D eigenvalue weighted by Gasteiger charge is -2.26. The van der Waals surface area contributed by atoms with Crippen molar-refractivity contribution in [3.05, 3.63) is 29.8 Å².